The highest BCUT2D eigenvalue weighted by Crippen LogP contribution is 2.18. The van der Waals surface area contributed by atoms with E-state index in [0.717, 1.165) is 12.1 Å². The first-order valence-electron chi connectivity index (χ1n) is 6.82. The minimum absolute atomic E-state index is 0.207. The summed E-state index contributed by atoms with van der Waals surface area (Å²) in [6, 6.07) is 9.04. The standard InChI is InChI=1S/C17H14F2O4/c1-22-12-3-5-13(6-4-12)23-17(21)9-8-16(20)14-7-2-11(18)10-15(14)19/h2-7,10H,8-9H2,1H3. The van der Waals surface area contributed by atoms with E-state index in [-0.39, 0.29) is 18.4 Å². The van der Waals surface area contributed by atoms with Gasteiger partial charge in [-0.3, -0.25) is 9.59 Å². The quantitative estimate of drug-likeness (QED) is 0.464. The zero-order valence-corrected chi connectivity index (χ0v) is 12.3. The van der Waals surface area contributed by atoms with Gasteiger partial charge in [0.15, 0.2) is 5.78 Å². The van der Waals surface area contributed by atoms with Crippen molar-refractivity contribution in [3.8, 4) is 11.5 Å². The van der Waals surface area contributed by atoms with E-state index in [1.54, 1.807) is 24.3 Å². The third-order valence-corrected chi connectivity index (χ3v) is 3.08. The van der Waals surface area contributed by atoms with Gasteiger partial charge in [0, 0.05) is 12.5 Å². The second kappa shape index (κ2) is 7.49. The Hall–Kier alpha value is -2.76. The molecule has 0 radical (unpaired) electrons. The third-order valence-electron chi connectivity index (χ3n) is 3.08. The van der Waals surface area contributed by atoms with Crippen LogP contribution in [0.15, 0.2) is 42.5 Å². The van der Waals surface area contributed by atoms with Crippen molar-refractivity contribution in [1.82, 2.24) is 0 Å². The van der Waals surface area contributed by atoms with Gasteiger partial charge in [-0.1, -0.05) is 0 Å². The fraction of sp³-hybridized carbons (Fsp3) is 0.176. The maximum atomic E-state index is 13.5. The Morgan fingerprint density at radius 3 is 2.22 bits per heavy atom. The van der Waals surface area contributed by atoms with E-state index < -0.39 is 23.4 Å². The average Bonchev–Trinajstić information content (AvgIpc) is 2.53. The number of hydrogen-bond acceptors (Lipinski definition) is 4. The van der Waals surface area contributed by atoms with Crippen molar-refractivity contribution in [2.24, 2.45) is 0 Å². The van der Waals surface area contributed by atoms with E-state index in [9.17, 15) is 18.4 Å². The molecule has 0 aliphatic carbocycles. The molecule has 0 atom stereocenters. The van der Waals surface area contributed by atoms with E-state index in [1.165, 1.54) is 7.11 Å². The molecule has 0 fully saturated rings. The van der Waals surface area contributed by atoms with Gasteiger partial charge in [-0.2, -0.15) is 0 Å². The molecule has 2 aromatic carbocycles. The average molecular weight is 320 g/mol. The van der Waals surface area contributed by atoms with Gasteiger partial charge in [0.2, 0.25) is 0 Å². The number of hydrogen-bond donors (Lipinski definition) is 0. The molecule has 2 aromatic rings. The fourth-order valence-electron chi connectivity index (χ4n) is 1.89. The Morgan fingerprint density at radius 1 is 0.957 bits per heavy atom. The van der Waals surface area contributed by atoms with Crippen LogP contribution in [-0.4, -0.2) is 18.9 Å². The number of esters is 1. The summed E-state index contributed by atoms with van der Waals surface area (Å²) in [5.74, 6) is -1.99. The molecular formula is C17H14F2O4. The Kier molecular flexibility index (Phi) is 5.41. The molecule has 0 amide bonds. The van der Waals surface area contributed by atoms with E-state index >= 15 is 0 Å². The number of carbonyl (C=O) groups is 2. The van der Waals surface area contributed by atoms with Crippen LogP contribution in [0.25, 0.3) is 0 Å². The molecule has 0 aromatic heterocycles. The van der Waals surface area contributed by atoms with Crippen LogP contribution in [0.5, 0.6) is 11.5 Å². The van der Waals surface area contributed by atoms with Crippen LogP contribution in [0, 0.1) is 11.6 Å². The number of ether oxygens (including phenoxy) is 2. The topological polar surface area (TPSA) is 52.6 Å². The third kappa shape index (κ3) is 4.60. The monoisotopic (exact) mass is 320 g/mol. The molecule has 0 saturated carbocycles. The minimum Gasteiger partial charge on any atom is -0.497 e. The first-order chi connectivity index (χ1) is 11.0. The Bertz CT molecular complexity index is 711. The first-order valence-corrected chi connectivity index (χ1v) is 6.82. The van der Waals surface area contributed by atoms with E-state index in [4.69, 9.17) is 9.47 Å². The van der Waals surface area contributed by atoms with E-state index in [1.807, 2.05) is 0 Å². The molecule has 2 rings (SSSR count). The van der Waals surface area contributed by atoms with Gasteiger partial charge in [-0.05, 0) is 36.4 Å². The predicted octanol–water partition coefficient (Wildman–Crippen LogP) is 3.54. The van der Waals surface area contributed by atoms with E-state index in [2.05, 4.69) is 0 Å². The Balaban J connectivity index is 1.89. The summed E-state index contributed by atoms with van der Waals surface area (Å²) in [6.07, 6.45) is -0.431. The number of benzene rings is 2. The van der Waals surface area contributed by atoms with Crippen LogP contribution in [0.3, 0.4) is 0 Å². The smallest absolute Gasteiger partial charge is 0.311 e. The highest BCUT2D eigenvalue weighted by molar-refractivity contribution is 5.97. The van der Waals surface area contributed by atoms with Crippen LogP contribution in [0.4, 0.5) is 8.78 Å². The van der Waals surface area contributed by atoms with E-state index in [0.29, 0.717) is 17.6 Å². The van der Waals surface area contributed by atoms with Crippen LogP contribution < -0.4 is 9.47 Å². The highest BCUT2D eigenvalue weighted by Gasteiger charge is 2.15. The summed E-state index contributed by atoms with van der Waals surface area (Å²) in [7, 11) is 1.52. The molecule has 23 heavy (non-hydrogen) atoms. The summed E-state index contributed by atoms with van der Waals surface area (Å²) in [4.78, 5) is 23.5. The molecule has 0 aliphatic heterocycles. The van der Waals surface area contributed by atoms with Gasteiger partial charge >= 0.3 is 5.97 Å². The summed E-state index contributed by atoms with van der Waals surface area (Å²) in [5, 5.41) is 0. The summed E-state index contributed by atoms with van der Waals surface area (Å²) in [5.41, 5.74) is -0.247. The number of methoxy groups -OCH3 is 1. The molecule has 0 bridgehead atoms. The minimum atomic E-state index is -0.946. The van der Waals surface area contributed by atoms with Gasteiger partial charge in [0.25, 0.3) is 0 Å². The second-order valence-corrected chi connectivity index (χ2v) is 4.70. The van der Waals surface area contributed by atoms with Crippen LogP contribution >= 0.6 is 0 Å². The van der Waals surface area contributed by atoms with Crippen LogP contribution in [0.2, 0.25) is 0 Å². The molecule has 120 valence electrons. The SMILES string of the molecule is COc1ccc(OC(=O)CCC(=O)c2ccc(F)cc2F)cc1. The van der Waals surface area contributed by atoms with Crippen LogP contribution in [-0.2, 0) is 4.79 Å². The highest BCUT2D eigenvalue weighted by atomic mass is 19.1. The lowest BCUT2D eigenvalue weighted by Crippen LogP contribution is -2.11. The molecule has 0 N–H and O–H groups in total. The predicted molar refractivity (Wildman–Crippen MR) is 78.6 cm³/mol. The molecule has 4 nitrogen and oxygen atoms in total. The lowest BCUT2D eigenvalue weighted by molar-refractivity contribution is -0.134. The molecule has 0 heterocycles. The molecular weight excluding hydrogens is 306 g/mol. The normalized spacial score (nSPS) is 10.2. The molecule has 0 spiro atoms. The summed E-state index contributed by atoms with van der Waals surface area (Å²) < 4.78 is 36.3. The number of rotatable bonds is 6. The van der Waals surface area contributed by atoms with Crippen molar-refractivity contribution in [3.63, 3.8) is 0 Å². The number of ketones is 1. The van der Waals surface area contributed by atoms with Gasteiger partial charge in [-0.15, -0.1) is 0 Å². The maximum Gasteiger partial charge on any atom is 0.311 e. The molecule has 0 saturated heterocycles. The van der Waals surface area contributed by atoms with Crippen molar-refractivity contribution < 1.29 is 27.8 Å². The summed E-state index contributed by atoms with van der Waals surface area (Å²) in [6.45, 7) is 0. The van der Waals surface area contributed by atoms with Crippen molar-refractivity contribution in [2.75, 3.05) is 7.11 Å². The van der Waals surface area contributed by atoms with Gasteiger partial charge < -0.3 is 9.47 Å². The van der Waals surface area contributed by atoms with Gasteiger partial charge in [0.1, 0.15) is 23.1 Å². The molecule has 0 unspecified atom stereocenters. The van der Waals surface area contributed by atoms with Gasteiger partial charge in [-0.25, -0.2) is 8.78 Å². The number of Topliss-reactive ketones (excluding diaryl/α,β-unsaturated/α-hetero) is 1. The second-order valence-electron chi connectivity index (χ2n) is 4.70. The summed E-state index contributed by atoms with van der Waals surface area (Å²) >= 11 is 0. The Labute approximate surface area is 131 Å². The van der Waals surface area contributed by atoms with Crippen molar-refractivity contribution in [2.45, 2.75) is 12.8 Å². The number of halogens is 2. The van der Waals surface area contributed by atoms with Gasteiger partial charge in [0.05, 0.1) is 19.1 Å². The van der Waals surface area contributed by atoms with Crippen molar-refractivity contribution >= 4 is 11.8 Å². The van der Waals surface area contributed by atoms with Crippen molar-refractivity contribution in [3.05, 3.63) is 59.7 Å². The fourth-order valence-corrected chi connectivity index (χ4v) is 1.89. The maximum absolute atomic E-state index is 13.5. The lowest BCUT2D eigenvalue weighted by atomic mass is 10.1. The van der Waals surface area contributed by atoms with Crippen LogP contribution in [0.1, 0.15) is 23.2 Å². The molecule has 6 heteroatoms. The first kappa shape index (κ1) is 16.6. The number of carbonyl (C=O) groups excluding carboxylic acids is 2. The largest absolute Gasteiger partial charge is 0.497 e. The zero-order valence-electron chi connectivity index (χ0n) is 12.3. The van der Waals surface area contributed by atoms with Crippen molar-refractivity contribution in [1.29, 1.82) is 0 Å². The zero-order chi connectivity index (χ0) is 16.8. The molecule has 0 aliphatic rings. The lowest BCUT2D eigenvalue weighted by Gasteiger charge is -2.06. The Morgan fingerprint density at radius 2 is 1.61 bits per heavy atom.